The van der Waals surface area contributed by atoms with Crippen molar-refractivity contribution in [3.8, 4) is 5.75 Å². The molecule has 1 nitrogen and oxygen atoms in total. The second kappa shape index (κ2) is 8.07. The Kier molecular flexibility index (Phi) is 7.91. The zero-order chi connectivity index (χ0) is 11.0. The van der Waals surface area contributed by atoms with Crippen LogP contribution >= 0.6 is 13.6 Å². The molecule has 14 heavy (non-hydrogen) atoms. The van der Waals surface area contributed by atoms with Crippen molar-refractivity contribution in [1.82, 2.24) is 0 Å². The number of hydrogen-bond donors (Lipinski definition) is 0. The van der Waals surface area contributed by atoms with Gasteiger partial charge in [0.25, 0.3) is 0 Å². The summed E-state index contributed by atoms with van der Waals surface area (Å²) in [5.41, 5.74) is 0. The molecule has 0 fully saturated rings. The van der Waals surface area contributed by atoms with E-state index in [0.29, 0.717) is 0 Å². The van der Waals surface area contributed by atoms with Crippen LogP contribution in [-0.4, -0.2) is 6.61 Å². The van der Waals surface area contributed by atoms with Gasteiger partial charge in [-0.2, -0.15) is 6.07 Å². The van der Waals surface area contributed by atoms with Crippen LogP contribution in [-0.2, 0) is 16.3 Å². The molecule has 0 aliphatic rings. The molecule has 0 heterocycles. The fourth-order valence-electron chi connectivity index (χ4n) is 0.683. The van der Waals surface area contributed by atoms with Crippen LogP contribution in [0.4, 0.5) is 8.78 Å². The Hall–Kier alpha value is -0.277. The molecule has 0 saturated carbocycles. The van der Waals surface area contributed by atoms with Crippen molar-refractivity contribution in [2.24, 2.45) is 0 Å². The summed E-state index contributed by atoms with van der Waals surface area (Å²) in [6, 6.07) is 4.67. The van der Waals surface area contributed by atoms with E-state index in [0.717, 1.165) is 6.07 Å². The van der Waals surface area contributed by atoms with E-state index in [-0.39, 0.29) is 12.4 Å². The minimum atomic E-state index is -1.01. The summed E-state index contributed by atoms with van der Waals surface area (Å²) in [5.74, 6) is -2.16. The molecule has 0 atom stereocenters. The number of ether oxygens (including phenoxy) is 1. The van der Waals surface area contributed by atoms with Crippen molar-refractivity contribution in [2.45, 2.75) is 0 Å². The van der Waals surface area contributed by atoms with Crippen LogP contribution in [0.3, 0.4) is 0 Å². The Morgan fingerprint density at radius 3 is 2.79 bits per heavy atom. The molecule has 0 amide bonds. The molecule has 0 unspecified atom stereocenters. The average molecular weight is 314 g/mol. The molecule has 1 aromatic carbocycles. The van der Waals surface area contributed by atoms with E-state index >= 15 is 0 Å². The van der Waals surface area contributed by atoms with E-state index in [1.54, 1.807) is 0 Å². The standard InChI is InChI=1S/C9H7F2O.BrH.Zn/c1-2-6-12-8-5-3-4-7(10)9(8)11;;/h2-4H,1,6H2;1H;/q-1;;+2/p-1. The first-order valence-electron chi connectivity index (χ1n) is 3.62. The summed E-state index contributed by atoms with van der Waals surface area (Å²) < 4.78 is 30.0. The van der Waals surface area contributed by atoms with Crippen molar-refractivity contribution in [3.63, 3.8) is 0 Å². The van der Waals surface area contributed by atoms with Crippen molar-refractivity contribution in [3.05, 3.63) is 42.5 Å². The van der Waals surface area contributed by atoms with E-state index in [9.17, 15) is 8.78 Å². The fraction of sp³-hybridized carbons (Fsp3) is 0.111. The summed E-state index contributed by atoms with van der Waals surface area (Å²) in [4.78, 5) is 0. The molecule has 1 rings (SSSR count). The first kappa shape index (κ1) is 13.7. The number of rotatable bonds is 3. The zero-order valence-electron chi connectivity index (χ0n) is 7.40. The monoisotopic (exact) mass is 312 g/mol. The predicted octanol–water partition coefficient (Wildman–Crippen LogP) is 3.17. The minimum absolute atomic E-state index is 0.136. The van der Waals surface area contributed by atoms with Gasteiger partial charge in [0.1, 0.15) is 6.61 Å². The summed E-state index contributed by atoms with van der Waals surface area (Å²) in [6.07, 6.45) is 1.44. The Labute approximate surface area is 98.2 Å². The topological polar surface area (TPSA) is 9.23 Å². The van der Waals surface area contributed by atoms with Crippen LogP contribution < -0.4 is 4.74 Å². The second-order valence-electron chi connectivity index (χ2n) is 2.07. The second-order valence-corrected chi connectivity index (χ2v) is 2.07. The molecular formula is C9H7BrF2OZn. The van der Waals surface area contributed by atoms with Gasteiger partial charge in [0.15, 0.2) is 0 Å². The van der Waals surface area contributed by atoms with Crippen LogP contribution in [0.15, 0.2) is 24.8 Å². The van der Waals surface area contributed by atoms with Gasteiger partial charge in [0, 0.05) is 5.75 Å². The van der Waals surface area contributed by atoms with Crippen molar-refractivity contribution >= 4 is 13.6 Å². The normalized spacial score (nSPS) is 8.64. The third-order valence-electron chi connectivity index (χ3n) is 1.20. The van der Waals surface area contributed by atoms with Crippen molar-refractivity contribution < 1.29 is 29.9 Å². The van der Waals surface area contributed by atoms with E-state index in [1.165, 1.54) is 28.5 Å². The van der Waals surface area contributed by atoms with Crippen LogP contribution in [0.2, 0.25) is 0 Å². The molecule has 0 bridgehead atoms. The third-order valence-corrected chi connectivity index (χ3v) is 1.20. The SMILES string of the molecule is C=CCOc1[c-]ccc(F)c1F.[Zn+][Br]. The quantitative estimate of drug-likeness (QED) is 0.473. The van der Waals surface area contributed by atoms with Crippen LogP contribution in [0.5, 0.6) is 5.75 Å². The molecule has 1 aromatic rings. The van der Waals surface area contributed by atoms with Gasteiger partial charge in [-0.1, -0.05) is 12.7 Å². The Morgan fingerprint density at radius 2 is 2.21 bits per heavy atom. The van der Waals surface area contributed by atoms with Gasteiger partial charge in [-0.3, -0.25) is 4.39 Å². The van der Waals surface area contributed by atoms with Gasteiger partial charge < -0.3 is 4.74 Å². The van der Waals surface area contributed by atoms with E-state index in [1.807, 2.05) is 0 Å². The van der Waals surface area contributed by atoms with Gasteiger partial charge >= 0.3 is 30.0 Å². The Bertz CT molecular complexity index is 294. The molecule has 0 spiro atoms. The van der Waals surface area contributed by atoms with E-state index in [2.05, 4.69) is 26.3 Å². The van der Waals surface area contributed by atoms with Crippen LogP contribution in [0.1, 0.15) is 0 Å². The van der Waals surface area contributed by atoms with E-state index in [4.69, 9.17) is 4.74 Å². The van der Waals surface area contributed by atoms with Gasteiger partial charge in [0.2, 0.25) is 0 Å². The van der Waals surface area contributed by atoms with E-state index < -0.39 is 11.6 Å². The predicted molar refractivity (Wildman–Crippen MR) is 49.8 cm³/mol. The van der Waals surface area contributed by atoms with Gasteiger partial charge in [0.05, 0.1) is 11.6 Å². The van der Waals surface area contributed by atoms with Crippen LogP contribution in [0.25, 0.3) is 0 Å². The maximum absolute atomic E-state index is 12.8. The zero-order valence-corrected chi connectivity index (χ0v) is 11.9. The maximum atomic E-state index is 12.8. The fourth-order valence-corrected chi connectivity index (χ4v) is 0.683. The molecule has 5 heteroatoms. The summed E-state index contributed by atoms with van der Waals surface area (Å²) in [6.45, 7) is 3.51. The van der Waals surface area contributed by atoms with Crippen molar-refractivity contribution in [1.29, 1.82) is 0 Å². The third kappa shape index (κ3) is 4.29. The molecule has 0 saturated heterocycles. The number of benzene rings is 1. The van der Waals surface area contributed by atoms with Crippen LogP contribution in [0, 0.1) is 17.7 Å². The summed E-state index contributed by atoms with van der Waals surface area (Å²) in [7, 11) is 0. The van der Waals surface area contributed by atoms with Crippen molar-refractivity contribution in [2.75, 3.05) is 6.61 Å². The van der Waals surface area contributed by atoms with Gasteiger partial charge in [-0.05, 0) is 0 Å². The number of halogens is 3. The Balaban J connectivity index is 0.000000791. The van der Waals surface area contributed by atoms with Gasteiger partial charge in [-0.25, -0.2) is 4.39 Å². The molecular weight excluding hydrogens is 307 g/mol. The molecule has 0 aromatic heterocycles. The molecule has 72 valence electrons. The molecule has 0 aliphatic heterocycles. The summed E-state index contributed by atoms with van der Waals surface area (Å²) >= 11 is 4.25. The molecule has 0 N–H and O–H groups in total. The molecule has 0 radical (unpaired) electrons. The summed E-state index contributed by atoms with van der Waals surface area (Å²) in [5, 5.41) is 0. The first-order chi connectivity index (χ1) is 6.75. The first-order valence-corrected chi connectivity index (χ1v) is 10.6. The van der Waals surface area contributed by atoms with Gasteiger partial charge in [-0.15, -0.1) is 12.1 Å². The molecule has 0 aliphatic carbocycles. The average Bonchev–Trinajstić information content (AvgIpc) is 2.23. The number of hydrogen-bond acceptors (Lipinski definition) is 1. The Morgan fingerprint density at radius 1 is 1.57 bits per heavy atom.